The molecule has 1 N–H and O–H groups in total. The number of methoxy groups -OCH3 is 1. The number of aromatic nitrogens is 1. The van der Waals surface area contributed by atoms with Crippen LogP contribution >= 0.6 is 0 Å². The number of benzene rings is 2. The van der Waals surface area contributed by atoms with Crippen LogP contribution in [0.3, 0.4) is 0 Å². The van der Waals surface area contributed by atoms with E-state index in [1.54, 1.807) is 49.4 Å². The summed E-state index contributed by atoms with van der Waals surface area (Å²) in [5.74, 6) is 0.354. The van der Waals surface area contributed by atoms with Crippen molar-refractivity contribution in [2.24, 2.45) is 0 Å². The van der Waals surface area contributed by atoms with Gasteiger partial charge in [-0.25, -0.2) is 4.39 Å². The van der Waals surface area contributed by atoms with Gasteiger partial charge in [0, 0.05) is 18.4 Å². The molecule has 2 heterocycles. The molecule has 0 aliphatic carbocycles. The molecule has 1 amide bonds. The van der Waals surface area contributed by atoms with E-state index in [-0.39, 0.29) is 11.7 Å². The van der Waals surface area contributed by atoms with Gasteiger partial charge in [0.15, 0.2) is 0 Å². The minimum absolute atomic E-state index is 0.107. The maximum Gasteiger partial charge on any atom is 0.258 e. The Balaban J connectivity index is 1.66. The molecule has 0 spiro atoms. The van der Waals surface area contributed by atoms with Crippen LogP contribution in [-0.4, -0.2) is 22.9 Å². The number of nitrogens with zero attached hydrogens (tertiary/aromatic N) is 2. The highest BCUT2D eigenvalue weighted by molar-refractivity contribution is 5.98. The first-order valence-corrected chi connectivity index (χ1v) is 8.98. The van der Waals surface area contributed by atoms with Gasteiger partial charge in [-0.1, -0.05) is 18.2 Å². The number of nitrogens with one attached hydrogen (secondary N) is 1. The summed E-state index contributed by atoms with van der Waals surface area (Å²) in [6, 6.07) is 16.0. The Morgan fingerprint density at radius 2 is 1.96 bits per heavy atom. The number of hydrogen-bond acceptors (Lipinski definition) is 4. The van der Waals surface area contributed by atoms with Gasteiger partial charge in [-0.05, 0) is 54.4 Å². The monoisotopic (exact) mass is 377 g/mol. The Bertz CT molecular complexity index is 1020. The summed E-state index contributed by atoms with van der Waals surface area (Å²) in [6.07, 6.45) is 1.18. The predicted octanol–water partition coefficient (Wildman–Crippen LogP) is 4.30. The maximum atomic E-state index is 14.0. The average molecular weight is 377 g/mol. The number of anilines is 1. The van der Waals surface area contributed by atoms with Crippen LogP contribution in [0.25, 0.3) is 0 Å². The SMILES string of the molecule is COc1ccc(CN2C(=O)c3cccnc3[C@H]2Nc2ccc(C)c(F)c2)cc1. The van der Waals surface area contributed by atoms with Crippen molar-refractivity contribution in [1.82, 2.24) is 9.88 Å². The summed E-state index contributed by atoms with van der Waals surface area (Å²) in [6.45, 7) is 2.11. The molecule has 5 nitrogen and oxygen atoms in total. The van der Waals surface area contributed by atoms with Crippen molar-refractivity contribution in [1.29, 1.82) is 0 Å². The van der Waals surface area contributed by atoms with Crippen LogP contribution in [0.4, 0.5) is 10.1 Å². The molecule has 1 aromatic heterocycles. The molecule has 1 aliphatic heterocycles. The first-order chi connectivity index (χ1) is 13.6. The molecule has 3 aromatic rings. The number of ether oxygens (including phenoxy) is 1. The lowest BCUT2D eigenvalue weighted by Crippen LogP contribution is -2.32. The highest BCUT2D eigenvalue weighted by Gasteiger charge is 2.37. The zero-order chi connectivity index (χ0) is 19.7. The van der Waals surface area contributed by atoms with Crippen molar-refractivity contribution in [3.8, 4) is 5.75 Å². The molecule has 1 aliphatic rings. The lowest BCUT2D eigenvalue weighted by Gasteiger charge is -2.26. The third-order valence-electron chi connectivity index (χ3n) is 4.89. The van der Waals surface area contributed by atoms with Gasteiger partial charge in [0.2, 0.25) is 0 Å². The van der Waals surface area contributed by atoms with E-state index in [2.05, 4.69) is 10.3 Å². The number of aryl methyl sites for hydroxylation is 1. The zero-order valence-electron chi connectivity index (χ0n) is 15.6. The lowest BCUT2D eigenvalue weighted by molar-refractivity contribution is 0.0728. The number of pyridine rings is 1. The lowest BCUT2D eigenvalue weighted by atomic mass is 10.2. The van der Waals surface area contributed by atoms with Crippen molar-refractivity contribution in [3.05, 3.63) is 89.0 Å². The first kappa shape index (κ1) is 18.0. The molecule has 1 atom stereocenters. The average Bonchev–Trinajstić information content (AvgIpc) is 2.97. The van der Waals surface area contributed by atoms with E-state index in [1.165, 1.54) is 6.07 Å². The van der Waals surface area contributed by atoms with Crippen molar-refractivity contribution in [3.63, 3.8) is 0 Å². The molecule has 0 saturated heterocycles. The van der Waals surface area contributed by atoms with Gasteiger partial charge < -0.3 is 15.0 Å². The zero-order valence-corrected chi connectivity index (χ0v) is 15.6. The predicted molar refractivity (Wildman–Crippen MR) is 105 cm³/mol. The quantitative estimate of drug-likeness (QED) is 0.720. The number of fused-ring (bicyclic) bond motifs is 1. The van der Waals surface area contributed by atoms with E-state index in [1.807, 2.05) is 24.3 Å². The van der Waals surface area contributed by atoms with Crippen LogP contribution in [0.15, 0.2) is 60.8 Å². The summed E-state index contributed by atoms with van der Waals surface area (Å²) in [4.78, 5) is 19.1. The van der Waals surface area contributed by atoms with Gasteiger partial charge in [-0.3, -0.25) is 9.78 Å². The highest BCUT2D eigenvalue weighted by atomic mass is 19.1. The number of hydrogen-bond donors (Lipinski definition) is 1. The Morgan fingerprint density at radius 3 is 2.68 bits per heavy atom. The molecule has 4 rings (SSSR count). The van der Waals surface area contributed by atoms with Gasteiger partial charge in [0.1, 0.15) is 17.7 Å². The Kier molecular flexibility index (Phi) is 4.69. The summed E-state index contributed by atoms with van der Waals surface area (Å²) >= 11 is 0. The molecule has 2 aromatic carbocycles. The van der Waals surface area contributed by atoms with Crippen LogP contribution in [0, 0.1) is 12.7 Å². The second-order valence-corrected chi connectivity index (χ2v) is 6.73. The van der Waals surface area contributed by atoms with Crippen LogP contribution in [0.2, 0.25) is 0 Å². The van der Waals surface area contributed by atoms with E-state index in [4.69, 9.17) is 4.74 Å². The maximum absolute atomic E-state index is 14.0. The van der Waals surface area contributed by atoms with Crippen molar-refractivity contribution >= 4 is 11.6 Å². The molecule has 28 heavy (non-hydrogen) atoms. The Morgan fingerprint density at radius 1 is 1.18 bits per heavy atom. The van der Waals surface area contributed by atoms with Gasteiger partial charge in [-0.2, -0.15) is 0 Å². The minimum atomic E-state index is -0.479. The minimum Gasteiger partial charge on any atom is -0.497 e. The van der Waals surface area contributed by atoms with E-state index in [0.29, 0.717) is 29.1 Å². The summed E-state index contributed by atoms with van der Waals surface area (Å²) < 4.78 is 19.2. The van der Waals surface area contributed by atoms with Crippen LogP contribution in [0.5, 0.6) is 5.75 Å². The Labute approximate surface area is 162 Å². The third-order valence-corrected chi connectivity index (χ3v) is 4.89. The fourth-order valence-corrected chi connectivity index (χ4v) is 3.31. The van der Waals surface area contributed by atoms with Gasteiger partial charge in [0.25, 0.3) is 5.91 Å². The van der Waals surface area contributed by atoms with E-state index >= 15 is 0 Å². The highest BCUT2D eigenvalue weighted by Crippen LogP contribution is 2.34. The molecule has 0 unspecified atom stereocenters. The van der Waals surface area contributed by atoms with Crippen LogP contribution in [0.1, 0.15) is 33.3 Å². The fraction of sp³-hybridized carbons (Fsp3) is 0.182. The smallest absolute Gasteiger partial charge is 0.258 e. The summed E-state index contributed by atoms with van der Waals surface area (Å²) in [7, 11) is 1.61. The number of carbonyl (C=O) groups is 1. The molecule has 0 bridgehead atoms. The molecule has 142 valence electrons. The topological polar surface area (TPSA) is 54.5 Å². The molecular formula is C22H20FN3O2. The van der Waals surface area contributed by atoms with E-state index in [9.17, 15) is 9.18 Å². The van der Waals surface area contributed by atoms with E-state index in [0.717, 1.165) is 11.3 Å². The Hall–Kier alpha value is -3.41. The molecule has 0 radical (unpaired) electrons. The summed E-state index contributed by atoms with van der Waals surface area (Å²) in [5, 5.41) is 3.27. The molecule has 6 heteroatoms. The molecular weight excluding hydrogens is 357 g/mol. The van der Waals surface area contributed by atoms with E-state index < -0.39 is 6.17 Å². The van der Waals surface area contributed by atoms with Crippen molar-refractivity contribution in [2.45, 2.75) is 19.6 Å². The fourth-order valence-electron chi connectivity index (χ4n) is 3.31. The molecule has 0 fully saturated rings. The van der Waals surface area contributed by atoms with Gasteiger partial charge >= 0.3 is 0 Å². The normalized spacial score (nSPS) is 15.5. The third kappa shape index (κ3) is 3.29. The standard InChI is InChI=1S/C22H20FN3O2/c1-14-5-8-16(12-19(14)23)25-21-20-18(4-3-11-24-20)22(27)26(21)13-15-6-9-17(28-2)10-7-15/h3-12,21,25H,13H2,1-2H3/t21-/m0/s1. The molecule has 0 saturated carbocycles. The second kappa shape index (κ2) is 7.31. The van der Waals surface area contributed by atoms with Crippen molar-refractivity contribution < 1.29 is 13.9 Å². The van der Waals surface area contributed by atoms with Gasteiger partial charge in [-0.15, -0.1) is 0 Å². The largest absolute Gasteiger partial charge is 0.497 e. The van der Waals surface area contributed by atoms with Gasteiger partial charge in [0.05, 0.1) is 18.4 Å². The van der Waals surface area contributed by atoms with Crippen molar-refractivity contribution in [2.75, 3.05) is 12.4 Å². The number of amides is 1. The first-order valence-electron chi connectivity index (χ1n) is 8.98. The number of halogens is 1. The number of rotatable bonds is 5. The van der Waals surface area contributed by atoms with Crippen LogP contribution < -0.4 is 10.1 Å². The van der Waals surface area contributed by atoms with Crippen LogP contribution in [-0.2, 0) is 6.54 Å². The summed E-state index contributed by atoms with van der Waals surface area (Å²) in [5.41, 5.74) is 3.33. The second-order valence-electron chi connectivity index (χ2n) is 6.73. The number of carbonyl (C=O) groups excluding carboxylic acids is 1.